The Balaban J connectivity index is 2.14. The standard InChI is InChI=1S/C13H21NO5S/c1-4-14(8-5-6-20(18,19)7-8)11(15)9-10(12(16)17)13(9,2)3/h8-10H,4-7H2,1-3H3,(H,16,17). The Morgan fingerprint density at radius 2 is 1.90 bits per heavy atom. The Kier molecular flexibility index (Phi) is 3.60. The lowest BCUT2D eigenvalue weighted by Gasteiger charge is -2.27. The van der Waals surface area contributed by atoms with Gasteiger partial charge in [-0.3, -0.25) is 9.59 Å². The molecular formula is C13H21NO5S. The summed E-state index contributed by atoms with van der Waals surface area (Å²) in [6.07, 6.45) is 0.451. The first-order chi connectivity index (χ1) is 9.12. The molecule has 2 aliphatic rings. The van der Waals surface area contributed by atoms with Gasteiger partial charge < -0.3 is 10.0 Å². The molecule has 0 aromatic rings. The first kappa shape index (κ1) is 15.3. The highest BCUT2D eigenvalue weighted by atomic mass is 32.2. The van der Waals surface area contributed by atoms with Gasteiger partial charge in [-0.25, -0.2) is 8.42 Å². The van der Waals surface area contributed by atoms with E-state index in [9.17, 15) is 18.0 Å². The third-order valence-electron chi connectivity index (χ3n) is 4.63. The van der Waals surface area contributed by atoms with Gasteiger partial charge in [0.05, 0.1) is 23.3 Å². The van der Waals surface area contributed by atoms with Crippen molar-refractivity contribution < 1.29 is 23.1 Å². The van der Waals surface area contributed by atoms with Crippen molar-refractivity contribution in [3.63, 3.8) is 0 Å². The van der Waals surface area contributed by atoms with Gasteiger partial charge in [-0.15, -0.1) is 0 Å². The predicted octanol–water partition coefficient (Wildman–Crippen LogP) is 0.379. The molecule has 0 radical (unpaired) electrons. The fourth-order valence-electron chi connectivity index (χ4n) is 3.35. The molecule has 1 saturated heterocycles. The van der Waals surface area contributed by atoms with Crippen molar-refractivity contribution in [2.45, 2.75) is 33.2 Å². The Bertz CT molecular complexity index is 539. The number of amides is 1. The van der Waals surface area contributed by atoms with Gasteiger partial charge in [0.25, 0.3) is 0 Å². The fourth-order valence-corrected chi connectivity index (χ4v) is 5.08. The SMILES string of the molecule is CCN(C(=O)C1C(C(=O)O)C1(C)C)C1CCS(=O)(=O)C1. The molecule has 1 amide bonds. The second-order valence-electron chi connectivity index (χ2n) is 6.30. The van der Waals surface area contributed by atoms with E-state index in [-0.39, 0.29) is 23.5 Å². The van der Waals surface area contributed by atoms with Gasteiger partial charge in [0, 0.05) is 12.6 Å². The van der Waals surface area contributed by atoms with Gasteiger partial charge in [-0.05, 0) is 18.8 Å². The normalized spacial score (nSPS) is 33.6. The molecule has 2 fully saturated rings. The first-order valence-corrected chi connectivity index (χ1v) is 8.67. The maximum Gasteiger partial charge on any atom is 0.307 e. The number of sulfone groups is 1. The van der Waals surface area contributed by atoms with Crippen molar-refractivity contribution in [2.75, 3.05) is 18.1 Å². The van der Waals surface area contributed by atoms with E-state index in [0.29, 0.717) is 13.0 Å². The summed E-state index contributed by atoms with van der Waals surface area (Å²) in [5.74, 6) is -2.27. The lowest BCUT2D eigenvalue weighted by molar-refractivity contribution is -0.142. The number of hydrogen-bond donors (Lipinski definition) is 1. The summed E-state index contributed by atoms with van der Waals surface area (Å²) in [6.45, 7) is 5.76. The highest BCUT2D eigenvalue weighted by Gasteiger charge is 2.66. The minimum absolute atomic E-state index is 0.00251. The second kappa shape index (κ2) is 4.72. The predicted molar refractivity (Wildman–Crippen MR) is 72.8 cm³/mol. The van der Waals surface area contributed by atoms with E-state index in [4.69, 9.17) is 5.11 Å². The Morgan fingerprint density at radius 1 is 1.30 bits per heavy atom. The number of rotatable bonds is 4. The maximum atomic E-state index is 12.5. The van der Waals surface area contributed by atoms with Crippen molar-refractivity contribution in [2.24, 2.45) is 17.3 Å². The topological polar surface area (TPSA) is 91.8 Å². The van der Waals surface area contributed by atoms with Gasteiger partial charge in [-0.2, -0.15) is 0 Å². The highest BCUT2D eigenvalue weighted by Crippen LogP contribution is 2.59. The first-order valence-electron chi connectivity index (χ1n) is 6.85. The molecule has 0 aromatic carbocycles. The maximum absolute atomic E-state index is 12.5. The Labute approximate surface area is 119 Å². The molecule has 20 heavy (non-hydrogen) atoms. The molecule has 0 bridgehead atoms. The van der Waals surface area contributed by atoms with Crippen LogP contribution in [0, 0.1) is 17.3 Å². The molecule has 2 rings (SSSR count). The van der Waals surface area contributed by atoms with Gasteiger partial charge >= 0.3 is 5.97 Å². The molecule has 3 unspecified atom stereocenters. The van der Waals surface area contributed by atoms with Crippen LogP contribution in [0.2, 0.25) is 0 Å². The van der Waals surface area contributed by atoms with Crippen LogP contribution in [0.1, 0.15) is 27.2 Å². The summed E-state index contributed by atoms with van der Waals surface area (Å²) in [7, 11) is -3.06. The summed E-state index contributed by atoms with van der Waals surface area (Å²) in [4.78, 5) is 25.2. The van der Waals surface area contributed by atoms with E-state index >= 15 is 0 Å². The minimum atomic E-state index is -3.06. The van der Waals surface area contributed by atoms with E-state index in [1.54, 1.807) is 25.7 Å². The number of aliphatic carboxylic acids is 1. The van der Waals surface area contributed by atoms with Crippen molar-refractivity contribution in [3.05, 3.63) is 0 Å². The van der Waals surface area contributed by atoms with Gasteiger partial charge in [0.15, 0.2) is 9.84 Å². The van der Waals surface area contributed by atoms with Crippen LogP contribution in [0.25, 0.3) is 0 Å². The molecule has 114 valence electrons. The highest BCUT2D eigenvalue weighted by molar-refractivity contribution is 7.91. The molecule has 1 aliphatic carbocycles. The average Bonchev–Trinajstić information content (AvgIpc) is 2.72. The fraction of sp³-hybridized carbons (Fsp3) is 0.846. The molecule has 0 spiro atoms. The molecular weight excluding hydrogens is 282 g/mol. The number of nitrogens with zero attached hydrogens (tertiary/aromatic N) is 1. The zero-order chi connectivity index (χ0) is 15.3. The van der Waals surface area contributed by atoms with Gasteiger partial charge in [0.2, 0.25) is 5.91 Å². The van der Waals surface area contributed by atoms with Crippen LogP contribution >= 0.6 is 0 Å². The minimum Gasteiger partial charge on any atom is -0.481 e. The molecule has 1 heterocycles. The lowest BCUT2D eigenvalue weighted by Crippen LogP contribution is -2.42. The van der Waals surface area contributed by atoms with E-state index in [2.05, 4.69) is 0 Å². The Morgan fingerprint density at radius 3 is 2.25 bits per heavy atom. The quantitative estimate of drug-likeness (QED) is 0.810. The largest absolute Gasteiger partial charge is 0.481 e. The Hall–Kier alpha value is -1.11. The molecule has 1 saturated carbocycles. The summed E-state index contributed by atoms with van der Waals surface area (Å²) >= 11 is 0. The van der Waals surface area contributed by atoms with E-state index < -0.39 is 33.1 Å². The average molecular weight is 303 g/mol. The van der Waals surface area contributed by atoms with E-state index in [0.717, 1.165) is 0 Å². The van der Waals surface area contributed by atoms with Crippen molar-refractivity contribution in [3.8, 4) is 0 Å². The molecule has 7 heteroatoms. The number of carbonyl (C=O) groups is 2. The van der Waals surface area contributed by atoms with Crippen LogP contribution in [0.15, 0.2) is 0 Å². The van der Waals surface area contributed by atoms with Gasteiger partial charge in [-0.1, -0.05) is 13.8 Å². The third kappa shape index (κ3) is 2.43. The summed E-state index contributed by atoms with van der Waals surface area (Å²) < 4.78 is 23.1. The van der Waals surface area contributed by atoms with Crippen LogP contribution in [0.4, 0.5) is 0 Å². The van der Waals surface area contributed by atoms with Crippen LogP contribution in [0.5, 0.6) is 0 Å². The summed E-state index contributed by atoms with van der Waals surface area (Å²) in [6, 6.07) is -0.302. The molecule has 0 aromatic heterocycles. The van der Waals surface area contributed by atoms with Crippen molar-refractivity contribution in [1.82, 2.24) is 4.90 Å². The summed E-state index contributed by atoms with van der Waals surface area (Å²) in [5, 5.41) is 9.14. The van der Waals surface area contributed by atoms with Crippen molar-refractivity contribution >= 4 is 21.7 Å². The van der Waals surface area contributed by atoms with Crippen LogP contribution < -0.4 is 0 Å². The summed E-state index contributed by atoms with van der Waals surface area (Å²) in [5.41, 5.74) is -0.548. The molecule has 3 atom stereocenters. The monoisotopic (exact) mass is 303 g/mol. The molecule has 6 nitrogen and oxygen atoms in total. The number of carboxylic acid groups (broad SMARTS) is 1. The third-order valence-corrected chi connectivity index (χ3v) is 6.38. The molecule has 1 N–H and O–H groups in total. The van der Waals surface area contributed by atoms with Crippen molar-refractivity contribution in [1.29, 1.82) is 0 Å². The van der Waals surface area contributed by atoms with Gasteiger partial charge in [0.1, 0.15) is 0 Å². The zero-order valence-corrected chi connectivity index (χ0v) is 12.8. The second-order valence-corrected chi connectivity index (χ2v) is 8.52. The van der Waals surface area contributed by atoms with Crippen LogP contribution in [-0.4, -0.2) is 54.4 Å². The molecule has 1 aliphatic heterocycles. The smallest absolute Gasteiger partial charge is 0.307 e. The number of hydrogen-bond acceptors (Lipinski definition) is 4. The lowest BCUT2D eigenvalue weighted by atomic mass is 10.1. The van der Waals surface area contributed by atoms with Crippen LogP contribution in [-0.2, 0) is 19.4 Å². The number of carbonyl (C=O) groups excluding carboxylic acids is 1. The van der Waals surface area contributed by atoms with Crippen LogP contribution in [0.3, 0.4) is 0 Å². The van der Waals surface area contributed by atoms with E-state index in [1.807, 2.05) is 0 Å². The number of carboxylic acids is 1. The van der Waals surface area contributed by atoms with E-state index in [1.165, 1.54) is 0 Å². The zero-order valence-electron chi connectivity index (χ0n) is 12.0.